The highest BCUT2D eigenvalue weighted by Crippen LogP contribution is 2.15. The number of rotatable bonds is 3. The number of nitrogens with zero attached hydrogens (tertiary/aromatic N) is 2. The van der Waals surface area contributed by atoms with Crippen LogP contribution in [0.5, 0.6) is 0 Å². The molecule has 84 valence electrons. The Balaban J connectivity index is 2.22. The first kappa shape index (κ1) is 10.5. The van der Waals surface area contributed by atoms with Crippen molar-refractivity contribution in [1.82, 2.24) is 9.78 Å². The number of carbonyl (C=O) groups is 1. The second-order valence-corrected chi connectivity index (χ2v) is 3.64. The van der Waals surface area contributed by atoms with E-state index in [-0.39, 0.29) is 5.56 Å². The van der Waals surface area contributed by atoms with E-state index in [4.69, 9.17) is 9.52 Å². The average molecular weight is 220 g/mol. The summed E-state index contributed by atoms with van der Waals surface area (Å²) in [5.41, 5.74) is 1.13. The highest BCUT2D eigenvalue weighted by molar-refractivity contribution is 5.88. The number of aromatic carboxylic acids is 1. The molecule has 0 aliphatic heterocycles. The largest absolute Gasteiger partial charge is 0.478 e. The van der Waals surface area contributed by atoms with Crippen LogP contribution < -0.4 is 0 Å². The molecule has 0 spiro atoms. The molecular formula is C11H12N2O3. The van der Waals surface area contributed by atoms with Crippen LogP contribution in [0.3, 0.4) is 0 Å². The molecule has 0 saturated heterocycles. The number of aromatic nitrogens is 2. The Bertz CT molecular complexity index is 525. The summed E-state index contributed by atoms with van der Waals surface area (Å²) < 4.78 is 7.06. The van der Waals surface area contributed by atoms with Crippen molar-refractivity contribution < 1.29 is 14.3 Å². The van der Waals surface area contributed by atoms with E-state index in [0.717, 1.165) is 5.69 Å². The van der Waals surface area contributed by atoms with Crippen LogP contribution in [0.25, 0.3) is 0 Å². The molecule has 0 amide bonds. The molecule has 2 rings (SSSR count). The van der Waals surface area contributed by atoms with Crippen molar-refractivity contribution in [3.05, 3.63) is 41.1 Å². The van der Waals surface area contributed by atoms with Gasteiger partial charge in [-0.1, -0.05) is 0 Å². The molecule has 0 unspecified atom stereocenters. The van der Waals surface area contributed by atoms with E-state index in [0.29, 0.717) is 18.1 Å². The average Bonchev–Trinajstić information content (AvgIpc) is 2.73. The van der Waals surface area contributed by atoms with Gasteiger partial charge in [-0.05, 0) is 26.0 Å². The molecular weight excluding hydrogens is 208 g/mol. The number of hydrogen-bond donors (Lipinski definition) is 1. The lowest BCUT2D eigenvalue weighted by Crippen LogP contribution is -1.99. The summed E-state index contributed by atoms with van der Waals surface area (Å²) >= 11 is 0. The molecule has 5 heteroatoms. The van der Waals surface area contributed by atoms with Crippen molar-refractivity contribution in [3.8, 4) is 0 Å². The van der Waals surface area contributed by atoms with Gasteiger partial charge in [0.2, 0.25) is 0 Å². The topological polar surface area (TPSA) is 68.3 Å². The first-order chi connectivity index (χ1) is 7.56. The number of carboxylic acids is 1. The van der Waals surface area contributed by atoms with Crippen LogP contribution in [0.1, 0.15) is 27.6 Å². The van der Waals surface area contributed by atoms with Crippen molar-refractivity contribution in [2.24, 2.45) is 0 Å². The fourth-order valence-corrected chi connectivity index (χ4v) is 1.54. The van der Waals surface area contributed by atoms with Crippen molar-refractivity contribution >= 4 is 5.97 Å². The van der Waals surface area contributed by atoms with Crippen molar-refractivity contribution in [2.75, 3.05) is 0 Å². The molecule has 0 saturated carbocycles. The van der Waals surface area contributed by atoms with Gasteiger partial charge in [-0.2, -0.15) is 5.10 Å². The number of furan rings is 1. The van der Waals surface area contributed by atoms with Gasteiger partial charge in [0.15, 0.2) is 0 Å². The molecule has 0 atom stereocenters. The van der Waals surface area contributed by atoms with Crippen molar-refractivity contribution in [2.45, 2.75) is 20.4 Å². The van der Waals surface area contributed by atoms with Gasteiger partial charge in [-0.3, -0.25) is 4.68 Å². The first-order valence-electron chi connectivity index (χ1n) is 4.89. The number of aryl methyl sites for hydroxylation is 2. The minimum absolute atomic E-state index is 0.207. The van der Waals surface area contributed by atoms with Gasteiger partial charge in [0, 0.05) is 6.20 Å². The van der Waals surface area contributed by atoms with E-state index in [1.165, 1.54) is 6.07 Å². The number of carboxylic acid groups (broad SMARTS) is 1. The van der Waals surface area contributed by atoms with Crippen LogP contribution >= 0.6 is 0 Å². The summed E-state index contributed by atoms with van der Waals surface area (Å²) in [5.74, 6) is 0.0496. The third kappa shape index (κ3) is 1.98. The smallest absolute Gasteiger partial charge is 0.339 e. The molecule has 1 N–H and O–H groups in total. The second kappa shape index (κ2) is 3.84. The minimum Gasteiger partial charge on any atom is -0.478 e. The molecule has 16 heavy (non-hydrogen) atoms. The standard InChI is InChI=1S/C11H12N2O3/c1-7-3-4-13(12-7)6-9-5-10(11(14)15)8(2)16-9/h3-5H,6H2,1-2H3,(H,14,15). The predicted molar refractivity (Wildman–Crippen MR) is 56.5 cm³/mol. The van der Waals surface area contributed by atoms with Gasteiger partial charge in [-0.25, -0.2) is 4.79 Å². The van der Waals surface area contributed by atoms with Gasteiger partial charge in [-0.15, -0.1) is 0 Å². The van der Waals surface area contributed by atoms with Crippen molar-refractivity contribution in [1.29, 1.82) is 0 Å². The highest BCUT2D eigenvalue weighted by atomic mass is 16.4. The minimum atomic E-state index is -0.968. The van der Waals surface area contributed by atoms with E-state index in [1.807, 2.05) is 19.2 Å². The third-order valence-corrected chi connectivity index (χ3v) is 2.29. The Morgan fingerprint density at radius 1 is 1.56 bits per heavy atom. The second-order valence-electron chi connectivity index (χ2n) is 3.64. The van der Waals surface area contributed by atoms with E-state index in [9.17, 15) is 4.79 Å². The molecule has 5 nitrogen and oxygen atoms in total. The molecule has 0 aliphatic rings. The van der Waals surface area contributed by atoms with Crippen LogP contribution in [-0.2, 0) is 6.54 Å². The predicted octanol–water partition coefficient (Wildman–Crippen LogP) is 1.84. The molecule has 0 aliphatic carbocycles. The quantitative estimate of drug-likeness (QED) is 0.856. The van der Waals surface area contributed by atoms with E-state index in [2.05, 4.69) is 5.10 Å². The molecule has 0 bridgehead atoms. The van der Waals surface area contributed by atoms with E-state index >= 15 is 0 Å². The Labute approximate surface area is 92.3 Å². The fraction of sp³-hybridized carbons (Fsp3) is 0.273. The van der Waals surface area contributed by atoms with Crippen LogP contribution in [0.4, 0.5) is 0 Å². The van der Waals surface area contributed by atoms with Crippen LogP contribution in [0.15, 0.2) is 22.7 Å². The SMILES string of the molecule is Cc1ccn(Cc2cc(C(=O)O)c(C)o2)n1. The Kier molecular flexibility index (Phi) is 2.52. The van der Waals surface area contributed by atoms with Crippen LogP contribution in [0, 0.1) is 13.8 Å². The summed E-state index contributed by atoms with van der Waals surface area (Å²) in [7, 11) is 0. The maximum atomic E-state index is 10.8. The normalized spacial score (nSPS) is 10.6. The molecule has 0 fully saturated rings. The van der Waals surface area contributed by atoms with Gasteiger partial charge in [0.05, 0.1) is 12.2 Å². The monoisotopic (exact) mass is 220 g/mol. The van der Waals surface area contributed by atoms with Crippen molar-refractivity contribution in [3.63, 3.8) is 0 Å². The van der Waals surface area contributed by atoms with Gasteiger partial charge in [0.25, 0.3) is 0 Å². The Hall–Kier alpha value is -2.04. The van der Waals surface area contributed by atoms with Crippen LogP contribution in [-0.4, -0.2) is 20.9 Å². The van der Waals surface area contributed by atoms with Crippen LogP contribution in [0.2, 0.25) is 0 Å². The molecule has 2 heterocycles. The Morgan fingerprint density at radius 2 is 2.31 bits per heavy atom. The zero-order valence-electron chi connectivity index (χ0n) is 9.10. The maximum Gasteiger partial charge on any atom is 0.339 e. The fourth-order valence-electron chi connectivity index (χ4n) is 1.54. The summed E-state index contributed by atoms with van der Waals surface area (Å²) in [4.78, 5) is 10.8. The summed E-state index contributed by atoms with van der Waals surface area (Å²) in [6.45, 7) is 3.98. The number of hydrogen-bond acceptors (Lipinski definition) is 3. The third-order valence-electron chi connectivity index (χ3n) is 2.29. The zero-order chi connectivity index (χ0) is 11.7. The van der Waals surface area contributed by atoms with E-state index < -0.39 is 5.97 Å². The lowest BCUT2D eigenvalue weighted by molar-refractivity contribution is 0.0695. The first-order valence-corrected chi connectivity index (χ1v) is 4.89. The lowest BCUT2D eigenvalue weighted by atomic mass is 10.2. The summed E-state index contributed by atoms with van der Waals surface area (Å²) in [5, 5.41) is 13.1. The molecule has 0 radical (unpaired) electrons. The molecule has 2 aromatic heterocycles. The maximum absolute atomic E-state index is 10.8. The zero-order valence-corrected chi connectivity index (χ0v) is 9.10. The lowest BCUT2D eigenvalue weighted by Gasteiger charge is -1.96. The van der Waals surface area contributed by atoms with Gasteiger partial charge < -0.3 is 9.52 Å². The van der Waals surface area contributed by atoms with E-state index in [1.54, 1.807) is 11.6 Å². The van der Waals surface area contributed by atoms with Gasteiger partial charge >= 0.3 is 5.97 Å². The molecule has 0 aromatic carbocycles. The Morgan fingerprint density at radius 3 is 2.81 bits per heavy atom. The summed E-state index contributed by atoms with van der Waals surface area (Å²) in [6, 6.07) is 3.42. The highest BCUT2D eigenvalue weighted by Gasteiger charge is 2.13. The molecule has 2 aromatic rings. The van der Waals surface area contributed by atoms with Gasteiger partial charge in [0.1, 0.15) is 17.1 Å². The summed E-state index contributed by atoms with van der Waals surface area (Å²) in [6.07, 6.45) is 1.83.